The van der Waals surface area contributed by atoms with Gasteiger partial charge in [-0.1, -0.05) is 46.6 Å². The van der Waals surface area contributed by atoms with Gasteiger partial charge in [-0.3, -0.25) is 0 Å². The molecule has 2 aromatic rings. The van der Waals surface area contributed by atoms with Gasteiger partial charge >= 0.3 is 0 Å². The molecular formula is C18H22BrN. The standard InChI is InChI=1S/C18H22BrN/c1-4-9-20-18(10-13(2)3)16-6-5-15-12-17(19)8-7-14(15)11-16/h5-8,11-12,18,20H,2,4,9-10H2,1,3H3. The summed E-state index contributed by atoms with van der Waals surface area (Å²) in [7, 11) is 0. The Morgan fingerprint density at radius 1 is 1.20 bits per heavy atom. The van der Waals surface area contributed by atoms with Crippen molar-refractivity contribution in [2.24, 2.45) is 0 Å². The molecule has 2 aromatic carbocycles. The Kier molecular flexibility index (Phi) is 5.38. The Balaban J connectivity index is 2.32. The minimum absolute atomic E-state index is 0.362. The molecule has 0 aromatic heterocycles. The minimum Gasteiger partial charge on any atom is -0.310 e. The van der Waals surface area contributed by atoms with Crippen molar-refractivity contribution in [3.05, 3.63) is 58.6 Å². The Bertz CT molecular complexity index is 603. The van der Waals surface area contributed by atoms with E-state index < -0.39 is 0 Å². The lowest BCUT2D eigenvalue weighted by atomic mass is 9.97. The zero-order valence-electron chi connectivity index (χ0n) is 12.2. The molecule has 1 atom stereocenters. The maximum absolute atomic E-state index is 4.06. The second-order valence-corrected chi connectivity index (χ2v) is 6.33. The Labute approximate surface area is 130 Å². The van der Waals surface area contributed by atoms with Gasteiger partial charge in [-0.2, -0.15) is 0 Å². The van der Waals surface area contributed by atoms with Gasteiger partial charge in [0.25, 0.3) is 0 Å². The second kappa shape index (κ2) is 7.05. The molecule has 0 aliphatic heterocycles. The highest BCUT2D eigenvalue weighted by molar-refractivity contribution is 9.10. The largest absolute Gasteiger partial charge is 0.310 e. The third-order valence-electron chi connectivity index (χ3n) is 3.42. The van der Waals surface area contributed by atoms with Crippen LogP contribution in [0.4, 0.5) is 0 Å². The first-order valence-electron chi connectivity index (χ1n) is 7.17. The summed E-state index contributed by atoms with van der Waals surface area (Å²) in [5.41, 5.74) is 2.56. The fourth-order valence-corrected chi connectivity index (χ4v) is 2.81. The third-order valence-corrected chi connectivity index (χ3v) is 3.92. The van der Waals surface area contributed by atoms with Crippen molar-refractivity contribution in [1.29, 1.82) is 0 Å². The zero-order chi connectivity index (χ0) is 14.5. The van der Waals surface area contributed by atoms with Gasteiger partial charge < -0.3 is 5.32 Å². The second-order valence-electron chi connectivity index (χ2n) is 5.42. The molecule has 0 spiro atoms. The highest BCUT2D eigenvalue weighted by Gasteiger charge is 2.11. The van der Waals surface area contributed by atoms with Crippen molar-refractivity contribution in [2.45, 2.75) is 32.7 Å². The summed E-state index contributed by atoms with van der Waals surface area (Å²) in [6.45, 7) is 9.39. The minimum atomic E-state index is 0.362. The quantitative estimate of drug-likeness (QED) is 0.678. The summed E-state index contributed by atoms with van der Waals surface area (Å²) in [4.78, 5) is 0. The van der Waals surface area contributed by atoms with E-state index in [2.05, 4.69) is 78.1 Å². The smallest absolute Gasteiger partial charge is 0.0357 e. The molecule has 106 valence electrons. The van der Waals surface area contributed by atoms with Gasteiger partial charge in [-0.25, -0.2) is 0 Å². The van der Waals surface area contributed by atoms with E-state index in [4.69, 9.17) is 0 Å². The van der Waals surface area contributed by atoms with Gasteiger partial charge in [0, 0.05) is 10.5 Å². The molecule has 0 saturated carbocycles. The number of nitrogens with one attached hydrogen (secondary N) is 1. The summed E-state index contributed by atoms with van der Waals surface area (Å²) in [6, 6.07) is 13.5. The predicted molar refractivity (Wildman–Crippen MR) is 92.1 cm³/mol. The maximum atomic E-state index is 4.06. The number of fused-ring (bicyclic) bond motifs is 1. The first-order chi connectivity index (χ1) is 9.60. The zero-order valence-corrected chi connectivity index (χ0v) is 13.8. The molecule has 0 heterocycles. The van der Waals surface area contributed by atoms with Gasteiger partial charge in [0.05, 0.1) is 0 Å². The highest BCUT2D eigenvalue weighted by atomic mass is 79.9. The van der Waals surface area contributed by atoms with E-state index in [0.717, 1.165) is 23.9 Å². The van der Waals surface area contributed by atoms with E-state index >= 15 is 0 Å². The van der Waals surface area contributed by atoms with Crippen LogP contribution in [0.5, 0.6) is 0 Å². The summed E-state index contributed by atoms with van der Waals surface area (Å²) in [6.07, 6.45) is 2.13. The van der Waals surface area contributed by atoms with Crippen molar-refractivity contribution in [1.82, 2.24) is 5.32 Å². The fraction of sp³-hybridized carbons (Fsp3) is 0.333. The molecule has 0 fully saturated rings. The van der Waals surface area contributed by atoms with E-state index in [9.17, 15) is 0 Å². The molecular weight excluding hydrogens is 310 g/mol. The van der Waals surface area contributed by atoms with E-state index in [0.29, 0.717) is 6.04 Å². The van der Waals surface area contributed by atoms with E-state index in [-0.39, 0.29) is 0 Å². The average Bonchev–Trinajstić information content (AvgIpc) is 2.42. The lowest BCUT2D eigenvalue weighted by Crippen LogP contribution is -2.22. The maximum Gasteiger partial charge on any atom is 0.0357 e. The highest BCUT2D eigenvalue weighted by Crippen LogP contribution is 2.26. The summed E-state index contributed by atoms with van der Waals surface area (Å²) in [5, 5.41) is 6.18. The van der Waals surface area contributed by atoms with Crippen LogP contribution in [0.2, 0.25) is 0 Å². The van der Waals surface area contributed by atoms with Crippen LogP contribution < -0.4 is 5.32 Å². The predicted octanol–water partition coefficient (Wildman–Crippen LogP) is 5.61. The molecule has 1 N–H and O–H groups in total. The van der Waals surface area contributed by atoms with Crippen molar-refractivity contribution in [2.75, 3.05) is 6.54 Å². The number of halogens is 1. The average molecular weight is 332 g/mol. The lowest BCUT2D eigenvalue weighted by molar-refractivity contribution is 0.528. The monoisotopic (exact) mass is 331 g/mol. The van der Waals surface area contributed by atoms with Crippen LogP contribution >= 0.6 is 15.9 Å². The number of benzene rings is 2. The molecule has 0 amide bonds. The van der Waals surface area contributed by atoms with Crippen molar-refractivity contribution >= 4 is 26.7 Å². The van der Waals surface area contributed by atoms with Gasteiger partial charge in [0.15, 0.2) is 0 Å². The molecule has 0 radical (unpaired) electrons. The first kappa shape index (κ1) is 15.3. The summed E-state index contributed by atoms with van der Waals surface area (Å²) in [5.74, 6) is 0. The van der Waals surface area contributed by atoms with E-state index in [1.807, 2.05) is 0 Å². The topological polar surface area (TPSA) is 12.0 Å². The first-order valence-corrected chi connectivity index (χ1v) is 7.96. The lowest BCUT2D eigenvalue weighted by Gasteiger charge is -2.19. The van der Waals surface area contributed by atoms with Gasteiger partial charge in [-0.15, -0.1) is 6.58 Å². The molecule has 1 nitrogen and oxygen atoms in total. The van der Waals surface area contributed by atoms with Crippen LogP contribution in [-0.4, -0.2) is 6.54 Å². The molecule has 0 aliphatic carbocycles. The molecule has 2 rings (SSSR count). The normalized spacial score (nSPS) is 12.6. The van der Waals surface area contributed by atoms with Crippen LogP contribution in [0.15, 0.2) is 53.0 Å². The Morgan fingerprint density at radius 3 is 2.60 bits per heavy atom. The summed E-state index contributed by atoms with van der Waals surface area (Å²) < 4.78 is 1.13. The molecule has 0 bridgehead atoms. The molecule has 0 saturated heterocycles. The van der Waals surface area contributed by atoms with Crippen LogP contribution in [0.25, 0.3) is 10.8 Å². The van der Waals surface area contributed by atoms with Crippen LogP contribution in [0.1, 0.15) is 38.3 Å². The van der Waals surface area contributed by atoms with Crippen LogP contribution in [0.3, 0.4) is 0 Å². The van der Waals surface area contributed by atoms with Gasteiger partial charge in [0.1, 0.15) is 0 Å². The van der Waals surface area contributed by atoms with E-state index in [1.54, 1.807) is 0 Å². The third kappa shape index (κ3) is 3.94. The Hall–Kier alpha value is -1.12. The number of rotatable bonds is 6. The SMILES string of the molecule is C=C(C)CC(NCCC)c1ccc2cc(Br)ccc2c1. The van der Waals surface area contributed by atoms with Crippen molar-refractivity contribution in [3.8, 4) is 0 Å². The molecule has 1 unspecified atom stereocenters. The van der Waals surface area contributed by atoms with Gasteiger partial charge in [-0.05, 0) is 60.8 Å². The summed E-state index contributed by atoms with van der Waals surface area (Å²) >= 11 is 3.52. The Morgan fingerprint density at radius 2 is 1.90 bits per heavy atom. The molecule has 0 aliphatic rings. The number of hydrogen-bond acceptors (Lipinski definition) is 1. The van der Waals surface area contributed by atoms with Gasteiger partial charge in [0.2, 0.25) is 0 Å². The van der Waals surface area contributed by atoms with E-state index in [1.165, 1.54) is 21.9 Å². The van der Waals surface area contributed by atoms with Crippen molar-refractivity contribution < 1.29 is 0 Å². The van der Waals surface area contributed by atoms with Crippen LogP contribution in [-0.2, 0) is 0 Å². The van der Waals surface area contributed by atoms with Crippen molar-refractivity contribution in [3.63, 3.8) is 0 Å². The molecule has 2 heteroatoms. The van der Waals surface area contributed by atoms with Crippen LogP contribution in [0, 0.1) is 0 Å². The number of hydrogen-bond donors (Lipinski definition) is 1. The fourth-order valence-electron chi connectivity index (χ4n) is 2.43. The molecule has 20 heavy (non-hydrogen) atoms.